The normalized spacial score (nSPS) is 12.4. The third-order valence-corrected chi connectivity index (χ3v) is 7.01. The molecule has 0 spiro atoms. The van der Waals surface area contributed by atoms with E-state index in [0.29, 0.717) is 22.8 Å². The van der Waals surface area contributed by atoms with Gasteiger partial charge in [-0.15, -0.1) is 0 Å². The van der Waals surface area contributed by atoms with Gasteiger partial charge in [-0.1, -0.05) is 61.3 Å². The topological polar surface area (TPSA) is 86.8 Å². The molecule has 34 heavy (non-hydrogen) atoms. The molecule has 7 nitrogen and oxygen atoms in total. The second-order valence-electron chi connectivity index (χ2n) is 8.98. The fraction of sp³-hybridized carbons (Fsp3) is 0.440. The highest BCUT2D eigenvalue weighted by molar-refractivity contribution is 7.92. The van der Waals surface area contributed by atoms with Crippen LogP contribution in [0.4, 0.5) is 5.69 Å². The second kappa shape index (κ2) is 11.7. The number of benzene rings is 2. The molecule has 0 unspecified atom stereocenters. The molecule has 0 saturated heterocycles. The molecule has 0 saturated carbocycles. The number of sulfonamides is 1. The maximum absolute atomic E-state index is 13.6. The van der Waals surface area contributed by atoms with Gasteiger partial charge in [0, 0.05) is 18.1 Å². The van der Waals surface area contributed by atoms with Gasteiger partial charge in [-0.3, -0.25) is 13.9 Å². The first kappa shape index (κ1) is 27.7. The number of rotatable bonds is 10. The molecule has 0 aliphatic heterocycles. The van der Waals surface area contributed by atoms with E-state index < -0.39 is 28.5 Å². The summed E-state index contributed by atoms with van der Waals surface area (Å²) in [6.07, 6.45) is 1.05. The van der Waals surface area contributed by atoms with Gasteiger partial charge in [0.15, 0.2) is 0 Å². The third-order valence-electron chi connectivity index (χ3n) is 5.47. The lowest BCUT2D eigenvalue weighted by Crippen LogP contribution is -2.51. The van der Waals surface area contributed by atoms with Crippen LogP contribution in [-0.2, 0) is 26.2 Å². The van der Waals surface area contributed by atoms with Crippen LogP contribution in [0.2, 0.25) is 5.02 Å². The first-order valence-corrected chi connectivity index (χ1v) is 13.4. The van der Waals surface area contributed by atoms with Crippen LogP contribution < -0.4 is 9.62 Å². The fourth-order valence-corrected chi connectivity index (χ4v) is 4.57. The number of nitrogens with one attached hydrogen (secondary N) is 1. The first-order valence-electron chi connectivity index (χ1n) is 11.2. The highest BCUT2D eigenvalue weighted by Crippen LogP contribution is 2.28. The summed E-state index contributed by atoms with van der Waals surface area (Å²) in [5, 5.41) is 3.26. The van der Waals surface area contributed by atoms with Gasteiger partial charge in [-0.2, -0.15) is 0 Å². The maximum atomic E-state index is 13.6. The Bertz CT molecular complexity index is 1130. The van der Waals surface area contributed by atoms with Crippen molar-refractivity contribution in [1.29, 1.82) is 0 Å². The van der Waals surface area contributed by atoms with Crippen LogP contribution in [0.25, 0.3) is 0 Å². The van der Waals surface area contributed by atoms with E-state index in [1.807, 2.05) is 45.0 Å². The number of nitrogens with zero attached hydrogens (tertiary/aromatic N) is 2. The molecule has 0 fully saturated rings. The molecule has 2 aromatic carbocycles. The molecule has 2 aromatic rings. The molecule has 0 bridgehead atoms. The zero-order valence-corrected chi connectivity index (χ0v) is 22.2. The van der Waals surface area contributed by atoms with Crippen LogP contribution in [0, 0.1) is 19.8 Å². The average Bonchev–Trinajstić information content (AvgIpc) is 2.75. The van der Waals surface area contributed by atoms with E-state index in [1.54, 1.807) is 32.0 Å². The van der Waals surface area contributed by atoms with Crippen molar-refractivity contribution in [3.8, 4) is 0 Å². The molecule has 2 amide bonds. The average molecular weight is 508 g/mol. The Morgan fingerprint density at radius 2 is 1.71 bits per heavy atom. The molecule has 0 aliphatic rings. The van der Waals surface area contributed by atoms with Crippen LogP contribution in [0.15, 0.2) is 42.5 Å². The highest BCUT2D eigenvalue weighted by atomic mass is 35.5. The third kappa shape index (κ3) is 7.46. The van der Waals surface area contributed by atoms with Crippen molar-refractivity contribution in [2.24, 2.45) is 5.92 Å². The Morgan fingerprint density at radius 1 is 1.06 bits per heavy atom. The molecule has 1 N–H and O–H groups in total. The largest absolute Gasteiger partial charge is 0.354 e. The van der Waals surface area contributed by atoms with E-state index in [2.05, 4.69) is 5.32 Å². The molecule has 1 atom stereocenters. The molecular weight excluding hydrogens is 474 g/mol. The SMILES string of the molecule is Cc1cccc(CN(C(=O)CN(c2cccc(Cl)c2C)S(C)(=O)=O)[C@H](C)C(=O)NCC(C)C)c1. The van der Waals surface area contributed by atoms with Gasteiger partial charge in [-0.25, -0.2) is 8.42 Å². The fourth-order valence-electron chi connectivity index (χ4n) is 3.50. The van der Waals surface area contributed by atoms with Crippen molar-refractivity contribution >= 4 is 39.1 Å². The lowest BCUT2D eigenvalue weighted by atomic mass is 10.1. The van der Waals surface area contributed by atoms with Gasteiger partial charge < -0.3 is 10.2 Å². The summed E-state index contributed by atoms with van der Waals surface area (Å²) in [6, 6.07) is 11.8. The van der Waals surface area contributed by atoms with Gasteiger partial charge in [0.25, 0.3) is 0 Å². The monoisotopic (exact) mass is 507 g/mol. The number of amides is 2. The minimum atomic E-state index is -3.81. The van der Waals surface area contributed by atoms with Crippen LogP contribution in [0.1, 0.15) is 37.5 Å². The summed E-state index contributed by atoms with van der Waals surface area (Å²) in [6.45, 7) is 9.46. The highest BCUT2D eigenvalue weighted by Gasteiger charge is 2.30. The molecule has 2 rings (SSSR count). The molecule has 0 aliphatic carbocycles. The Hall–Kier alpha value is -2.58. The Labute approximate surface area is 208 Å². The summed E-state index contributed by atoms with van der Waals surface area (Å²) >= 11 is 6.21. The van der Waals surface area contributed by atoms with E-state index in [0.717, 1.165) is 21.7 Å². The number of carbonyl (C=O) groups is 2. The Morgan fingerprint density at radius 3 is 2.29 bits per heavy atom. The Balaban J connectivity index is 2.41. The number of aryl methyl sites for hydroxylation is 1. The summed E-state index contributed by atoms with van der Waals surface area (Å²) in [7, 11) is -3.81. The van der Waals surface area contributed by atoms with Crippen molar-refractivity contribution in [1.82, 2.24) is 10.2 Å². The summed E-state index contributed by atoms with van der Waals surface area (Å²) < 4.78 is 26.4. The Kier molecular flexibility index (Phi) is 9.53. The van der Waals surface area contributed by atoms with Crippen molar-refractivity contribution in [3.05, 3.63) is 64.2 Å². The molecule has 9 heteroatoms. The van der Waals surface area contributed by atoms with Gasteiger partial charge in [0.1, 0.15) is 12.6 Å². The molecule has 0 radical (unpaired) electrons. The molecule has 186 valence electrons. The van der Waals surface area contributed by atoms with Crippen LogP contribution >= 0.6 is 11.6 Å². The maximum Gasteiger partial charge on any atom is 0.244 e. The summed E-state index contributed by atoms with van der Waals surface area (Å²) in [4.78, 5) is 27.8. The van der Waals surface area contributed by atoms with E-state index in [-0.39, 0.29) is 18.4 Å². The molecular formula is C25H34ClN3O4S. The predicted octanol–water partition coefficient (Wildman–Crippen LogP) is 3.91. The summed E-state index contributed by atoms with van der Waals surface area (Å²) in [5.74, 6) is -0.526. The lowest BCUT2D eigenvalue weighted by Gasteiger charge is -2.32. The molecule has 0 heterocycles. The van der Waals surface area contributed by atoms with Crippen LogP contribution in [-0.4, -0.2) is 50.5 Å². The smallest absolute Gasteiger partial charge is 0.244 e. The lowest BCUT2D eigenvalue weighted by molar-refractivity contribution is -0.139. The van der Waals surface area contributed by atoms with Crippen molar-refractivity contribution < 1.29 is 18.0 Å². The minimum absolute atomic E-state index is 0.170. The number of hydrogen-bond donors (Lipinski definition) is 1. The number of anilines is 1. The van der Waals surface area contributed by atoms with Crippen molar-refractivity contribution in [3.63, 3.8) is 0 Å². The van der Waals surface area contributed by atoms with E-state index in [4.69, 9.17) is 11.6 Å². The summed E-state index contributed by atoms with van der Waals surface area (Å²) in [5.41, 5.74) is 2.75. The molecule has 0 aromatic heterocycles. The predicted molar refractivity (Wildman–Crippen MR) is 137 cm³/mol. The quantitative estimate of drug-likeness (QED) is 0.528. The first-order chi connectivity index (χ1) is 15.8. The minimum Gasteiger partial charge on any atom is -0.354 e. The second-order valence-corrected chi connectivity index (χ2v) is 11.3. The van der Waals surface area contributed by atoms with E-state index in [9.17, 15) is 18.0 Å². The van der Waals surface area contributed by atoms with Crippen molar-refractivity contribution in [2.45, 2.75) is 47.2 Å². The van der Waals surface area contributed by atoms with E-state index in [1.165, 1.54) is 4.90 Å². The number of carbonyl (C=O) groups excluding carboxylic acids is 2. The van der Waals surface area contributed by atoms with Crippen LogP contribution in [0.5, 0.6) is 0 Å². The van der Waals surface area contributed by atoms with Gasteiger partial charge in [0.05, 0.1) is 11.9 Å². The van der Waals surface area contributed by atoms with Gasteiger partial charge in [0.2, 0.25) is 21.8 Å². The van der Waals surface area contributed by atoms with Gasteiger partial charge >= 0.3 is 0 Å². The number of hydrogen-bond acceptors (Lipinski definition) is 4. The number of halogens is 1. The zero-order valence-electron chi connectivity index (χ0n) is 20.6. The van der Waals surface area contributed by atoms with Crippen molar-refractivity contribution in [2.75, 3.05) is 23.7 Å². The van der Waals surface area contributed by atoms with E-state index >= 15 is 0 Å². The zero-order chi connectivity index (χ0) is 25.6. The standard InChI is InChI=1S/C25H34ClN3O4S/c1-17(2)14-27-25(31)20(5)28(15-21-10-7-9-18(3)13-21)24(30)16-29(34(6,32)33)23-12-8-11-22(26)19(23)4/h7-13,17,20H,14-16H2,1-6H3,(H,27,31)/t20-/m1/s1. The van der Waals surface area contributed by atoms with Crippen LogP contribution in [0.3, 0.4) is 0 Å². The van der Waals surface area contributed by atoms with Gasteiger partial charge in [-0.05, 0) is 49.9 Å².